The van der Waals surface area contributed by atoms with E-state index < -0.39 is 6.10 Å². The molecule has 0 aliphatic heterocycles. The van der Waals surface area contributed by atoms with E-state index >= 15 is 0 Å². The Hall–Kier alpha value is -1.59. The van der Waals surface area contributed by atoms with Crippen molar-refractivity contribution in [3.63, 3.8) is 0 Å². The molecule has 0 aliphatic carbocycles. The quantitative estimate of drug-likeness (QED) is 0.0343. The maximum Gasteiger partial charge on any atom is 0.306 e. The van der Waals surface area contributed by atoms with Gasteiger partial charge in [-0.3, -0.25) is 14.4 Å². The van der Waals surface area contributed by atoms with Crippen molar-refractivity contribution in [2.45, 2.75) is 362 Å². The van der Waals surface area contributed by atoms with Crippen LogP contribution < -0.4 is 0 Å². The normalized spacial score (nSPS) is 12.4. The average Bonchev–Trinajstić information content (AvgIpc) is 3.34. The molecule has 69 heavy (non-hydrogen) atoms. The second kappa shape index (κ2) is 55.7. The minimum atomic E-state index is -0.763. The van der Waals surface area contributed by atoms with Crippen LogP contribution in [0.1, 0.15) is 356 Å². The van der Waals surface area contributed by atoms with E-state index in [-0.39, 0.29) is 31.1 Å². The Morgan fingerprint density at radius 3 is 0.826 bits per heavy atom. The summed E-state index contributed by atoms with van der Waals surface area (Å²) in [5.41, 5.74) is 0. The van der Waals surface area contributed by atoms with E-state index in [0.717, 1.165) is 69.6 Å². The summed E-state index contributed by atoms with van der Waals surface area (Å²) in [5.74, 6) is 0.883. The van der Waals surface area contributed by atoms with Crippen molar-refractivity contribution >= 4 is 17.9 Å². The second-order valence-corrected chi connectivity index (χ2v) is 22.4. The monoisotopic (exact) mass is 975 g/mol. The molecule has 2 atom stereocenters. The molecule has 0 bridgehead atoms. The van der Waals surface area contributed by atoms with Crippen LogP contribution in [0.4, 0.5) is 0 Å². The van der Waals surface area contributed by atoms with Crippen LogP contribution >= 0.6 is 0 Å². The highest BCUT2D eigenvalue weighted by molar-refractivity contribution is 5.71. The zero-order valence-electron chi connectivity index (χ0n) is 47.5. The first kappa shape index (κ1) is 67.4. The van der Waals surface area contributed by atoms with Crippen LogP contribution in [0.5, 0.6) is 0 Å². The fourth-order valence-corrected chi connectivity index (χ4v) is 9.73. The van der Waals surface area contributed by atoms with Gasteiger partial charge in [0.25, 0.3) is 0 Å². The highest BCUT2D eigenvalue weighted by Crippen LogP contribution is 2.19. The second-order valence-electron chi connectivity index (χ2n) is 22.4. The molecule has 0 fully saturated rings. The minimum absolute atomic E-state index is 0.0624. The maximum atomic E-state index is 12.9. The summed E-state index contributed by atoms with van der Waals surface area (Å²) in [5, 5.41) is 0. The minimum Gasteiger partial charge on any atom is -0.462 e. The van der Waals surface area contributed by atoms with Crippen molar-refractivity contribution in [3.8, 4) is 0 Å². The summed E-state index contributed by atoms with van der Waals surface area (Å²) >= 11 is 0. The first-order valence-corrected chi connectivity index (χ1v) is 31.3. The summed E-state index contributed by atoms with van der Waals surface area (Å²) in [7, 11) is 0. The van der Waals surface area contributed by atoms with Crippen molar-refractivity contribution in [1.29, 1.82) is 0 Å². The fourth-order valence-electron chi connectivity index (χ4n) is 9.73. The first-order valence-electron chi connectivity index (χ1n) is 31.3. The van der Waals surface area contributed by atoms with Gasteiger partial charge < -0.3 is 14.2 Å². The van der Waals surface area contributed by atoms with E-state index in [1.807, 2.05) is 0 Å². The SMILES string of the molecule is CCCCCCCCCCCCCCCCCCCC(=O)O[C@H](COC(=O)CCCCCCCCCCCCCCCCCCCCC(C)CC)COC(=O)CCCCCCCCCCCC(C)C. The number of hydrogen-bond donors (Lipinski definition) is 0. The van der Waals surface area contributed by atoms with Crippen LogP contribution in [-0.4, -0.2) is 37.2 Å². The number of carbonyl (C=O) groups excluding carboxylic acids is 3. The Morgan fingerprint density at radius 2 is 0.551 bits per heavy atom. The smallest absolute Gasteiger partial charge is 0.306 e. The van der Waals surface area contributed by atoms with Crippen LogP contribution in [0.2, 0.25) is 0 Å². The lowest BCUT2D eigenvalue weighted by atomic mass is 9.99. The van der Waals surface area contributed by atoms with Gasteiger partial charge in [-0.05, 0) is 31.1 Å². The van der Waals surface area contributed by atoms with Gasteiger partial charge in [0.2, 0.25) is 0 Å². The van der Waals surface area contributed by atoms with E-state index in [2.05, 4.69) is 34.6 Å². The zero-order chi connectivity index (χ0) is 50.4. The van der Waals surface area contributed by atoms with Crippen LogP contribution in [0.15, 0.2) is 0 Å². The molecule has 0 heterocycles. The van der Waals surface area contributed by atoms with Crippen LogP contribution in [0.3, 0.4) is 0 Å². The van der Waals surface area contributed by atoms with Gasteiger partial charge in [0.05, 0.1) is 0 Å². The van der Waals surface area contributed by atoms with Crippen LogP contribution in [-0.2, 0) is 28.6 Å². The van der Waals surface area contributed by atoms with E-state index in [1.165, 1.54) is 244 Å². The lowest BCUT2D eigenvalue weighted by molar-refractivity contribution is -0.167. The molecule has 0 aliphatic rings. The highest BCUT2D eigenvalue weighted by atomic mass is 16.6. The van der Waals surface area contributed by atoms with Crippen molar-refractivity contribution < 1.29 is 28.6 Å². The third-order valence-electron chi connectivity index (χ3n) is 14.8. The standard InChI is InChI=1S/C63H122O6/c1-6-8-9-10-11-12-13-14-15-18-23-26-29-34-40-45-50-55-63(66)69-60(57-68-62(65)54-49-44-39-35-30-31-36-41-46-51-58(3)4)56-67-61(64)53-48-43-38-33-28-25-22-20-17-16-19-21-24-27-32-37-42-47-52-59(5)7-2/h58-60H,6-57H2,1-5H3/t59?,60-/m1/s1. The Bertz CT molecular complexity index is 1060. The zero-order valence-corrected chi connectivity index (χ0v) is 47.5. The van der Waals surface area contributed by atoms with E-state index in [4.69, 9.17) is 14.2 Å². The Labute approximate surface area is 431 Å². The molecule has 0 saturated heterocycles. The number of ether oxygens (including phenoxy) is 3. The average molecular weight is 976 g/mol. The van der Waals surface area contributed by atoms with Crippen LogP contribution in [0, 0.1) is 11.8 Å². The Morgan fingerprint density at radius 1 is 0.304 bits per heavy atom. The molecule has 0 amide bonds. The summed E-state index contributed by atoms with van der Waals surface area (Å²) in [6, 6.07) is 0. The molecule has 6 nitrogen and oxygen atoms in total. The lowest BCUT2D eigenvalue weighted by Gasteiger charge is -2.18. The summed E-state index contributed by atoms with van der Waals surface area (Å²) in [6.07, 6.45) is 61.0. The van der Waals surface area contributed by atoms with Crippen molar-refractivity contribution in [2.75, 3.05) is 13.2 Å². The maximum absolute atomic E-state index is 12.9. The largest absolute Gasteiger partial charge is 0.462 e. The topological polar surface area (TPSA) is 78.9 Å². The van der Waals surface area contributed by atoms with Gasteiger partial charge in [0, 0.05) is 19.3 Å². The Kier molecular flexibility index (Phi) is 54.4. The van der Waals surface area contributed by atoms with Crippen molar-refractivity contribution in [2.24, 2.45) is 11.8 Å². The molecule has 0 aromatic heterocycles. The number of hydrogen-bond acceptors (Lipinski definition) is 6. The molecule has 0 radical (unpaired) electrons. The van der Waals surface area contributed by atoms with Gasteiger partial charge in [-0.15, -0.1) is 0 Å². The van der Waals surface area contributed by atoms with Gasteiger partial charge >= 0.3 is 17.9 Å². The molecule has 0 rings (SSSR count). The Balaban J connectivity index is 4.23. The molecular formula is C63H122O6. The van der Waals surface area contributed by atoms with Gasteiger partial charge in [0.1, 0.15) is 13.2 Å². The molecule has 0 N–H and O–H groups in total. The third-order valence-corrected chi connectivity index (χ3v) is 14.8. The molecular weight excluding hydrogens is 853 g/mol. The molecule has 410 valence electrons. The van der Waals surface area contributed by atoms with Crippen molar-refractivity contribution in [1.82, 2.24) is 0 Å². The molecule has 0 aromatic carbocycles. The first-order chi connectivity index (χ1) is 33.8. The van der Waals surface area contributed by atoms with Gasteiger partial charge in [-0.1, -0.05) is 317 Å². The highest BCUT2D eigenvalue weighted by Gasteiger charge is 2.19. The van der Waals surface area contributed by atoms with E-state index in [1.54, 1.807) is 0 Å². The summed E-state index contributed by atoms with van der Waals surface area (Å²) < 4.78 is 16.9. The summed E-state index contributed by atoms with van der Waals surface area (Å²) in [4.78, 5) is 38.2. The van der Waals surface area contributed by atoms with Crippen LogP contribution in [0.25, 0.3) is 0 Å². The number of rotatable bonds is 57. The third kappa shape index (κ3) is 55.6. The van der Waals surface area contributed by atoms with E-state index in [9.17, 15) is 14.4 Å². The van der Waals surface area contributed by atoms with Gasteiger partial charge in [-0.25, -0.2) is 0 Å². The lowest BCUT2D eigenvalue weighted by Crippen LogP contribution is -2.30. The number of esters is 3. The molecule has 0 saturated carbocycles. The van der Waals surface area contributed by atoms with E-state index in [0.29, 0.717) is 19.3 Å². The predicted molar refractivity (Wildman–Crippen MR) is 298 cm³/mol. The molecule has 6 heteroatoms. The molecule has 0 spiro atoms. The number of unbranched alkanes of at least 4 members (excludes halogenated alkanes) is 41. The number of carbonyl (C=O) groups is 3. The van der Waals surface area contributed by atoms with Crippen molar-refractivity contribution in [3.05, 3.63) is 0 Å². The van der Waals surface area contributed by atoms with Gasteiger partial charge in [-0.2, -0.15) is 0 Å². The fraction of sp³-hybridized carbons (Fsp3) is 0.952. The van der Waals surface area contributed by atoms with Gasteiger partial charge in [0.15, 0.2) is 6.10 Å². The summed E-state index contributed by atoms with van der Waals surface area (Å²) in [6.45, 7) is 11.5. The predicted octanol–water partition coefficient (Wildman–Crippen LogP) is 20.8. The molecule has 0 aromatic rings. The molecule has 1 unspecified atom stereocenters.